The Bertz CT molecular complexity index is 1360. The smallest absolute Gasteiger partial charge is 0.199 e. The van der Waals surface area contributed by atoms with Crippen molar-refractivity contribution < 1.29 is 19.4 Å². The van der Waals surface area contributed by atoms with Crippen LogP contribution in [0, 0.1) is 15.4 Å². The highest BCUT2D eigenvalue weighted by molar-refractivity contribution is 14.1. The van der Waals surface area contributed by atoms with Crippen molar-refractivity contribution in [3.05, 3.63) is 57.6 Å². The van der Waals surface area contributed by atoms with Gasteiger partial charge >= 0.3 is 0 Å². The fourth-order valence-corrected chi connectivity index (χ4v) is 4.31. The lowest BCUT2D eigenvalue weighted by Crippen LogP contribution is -2.29. The van der Waals surface area contributed by atoms with Gasteiger partial charge < -0.3 is 24.7 Å². The summed E-state index contributed by atoms with van der Waals surface area (Å²) in [6, 6.07) is 11.7. The summed E-state index contributed by atoms with van der Waals surface area (Å²) < 4.78 is 13.9. The minimum atomic E-state index is -1.15. The number of anilines is 1. The highest BCUT2D eigenvalue weighted by Gasteiger charge is 2.38. The van der Waals surface area contributed by atoms with E-state index >= 15 is 0 Å². The van der Waals surface area contributed by atoms with Crippen molar-refractivity contribution in [2.45, 2.75) is 31.9 Å². The van der Waals surface area contributed by atoms with Crippen LogP contribution in [-0.4, -0.2) is 48.5 Å². The average molecular weight is 557 g/mol. The number of nitrogens with one attached hydrogen (secondary N) is 1. The Hall–Kier alpha value is -2.98. The number of fused-ring (bicyclic) bond motifs is 1. The van der Waals surface area contributed by atoms with Gasteiger partial charge in [0, 0.05) is 10.1 Å². The predicted molar refractivity (Wildman–Crippen MR) is 129 cm³/mol. The Kier molecular flexibility index (Phi) is 6.03. The van der Waals surface area contributed by atoms with Crippen molar-refractivity contribution in [3.63, 3.8) is 0 Å². The van der Waals surface area contributed by atoms with E-state index in [4.69, 9.17) is 9.15 Å². The van der Waals surface area contributed by atoms with Crippen LogP contribution in [0.1, 0.15) is 24.5 Å². The SMILES string of the molecule is CC#Cc1nc2c(NCc3cccc(I)c3)nc(-c3ccco3)nc2n1[C@@H]1OC[C@@H](O)[C@H]1O. The van der Waals surface area contributed by atoms with Crippen LogP contribution in [0.25, 0.3) is 22.7 Å². The molecular formula is C23H20IN5O4. The first kappa shape index (κ1) is 21.8. The first-order valence-electron chi connectivity index (χ1n) is 10.3. The summed E-state index contributed by atoms with van der Waals surface area (Å²) in [5.74, 6) is 7.48. The quantitative estimate of drug-likeness (QED) is 0.253. The van der Waals surface area contributed by atoms with Crippen molar-refractivity contribution in [1.29, 1.82) is 0 Å². The van der Waals surface area contributed by atoms with Crippen LogP contribution < -0.4 is 5.32 Å². The lowest BCUT2D eigenvalue weighted by atomic mass is 10.2. The molecule has 0 radical (unpaired) electrons. The maximum absolute atomic E-state index is 10.5. The highest BCUT2D eigenvalue weighted by atomic mass is 127. The lowest BCUT2D eigenvalue weighted by molar-refractivity contribution is -0.0167. The van der Waals surface area contributed by atoms with Crippen LogP contribution in [0.5, 0.6) is 0 Å². The van der Waals surface area contributed by atoms with E-state index in [9.17, 15) is 10.2 Å². The highest BCUT2D eigenvalue weighted by Crippen LogP contribution is 2.32. The molecule has 0 spiro atoms. The number of hydrogen-bond donors (Lipinski definition) is 3. The largest absolute Gasteiger partial charge is 0.461 e. The van der Waals surface area contributed by atoms with E-state index in [-0.39, 0.29) is 6.61 Å². The summed E-state index contributed by atoms with van der Waals surface area (Å²) in [5, 5.41) is 23.9. The molecule has 1 aliphatic heterocycles. The number of nitrogens with zero attached hydrogens (tertiary/aromatic N) is 4. The van der Waals surface area contributed by atoms with Gasteiger partial charge in [0.05, 0.1) is 12.9 Å². The topological polar surface area (TPSA) is 118 Å². The van der Waals surface area contributed by atoms with Crippen LogP contribution in [0.3, 0.4) is 0 Å². The van der Waals surface area contributed by atoms with Gasteiger partial charge in [0.25, 0.3) is 0 Å². The Balaban J connectivity index is 1.66. The number of aromatic nitrogens is 4. The van der Waals surface area contributed by atoms with Crippen LogP contribution in [0.15, 0.2) is 47.1 Å². The van der Waals surface area contributed by atoms with Gasteiger partial charge in [-0.2, -0.15) is 0 Å². The van der Waals surface area contributed by atoms with Crippen molar-refractivity contribution >= 4 is 39.6 Å². The molecule has 1 fully saturated rings. The molecule has 0 aliphatic carbocycles. The normalized spacial score (nSPS) is 20.1. The molecule has 1 saturated heterocycles. The van der Waals surface area contributed by atoms with Gasteiger partial charge in [-0.15, -0.1) is 0 Å². The zero-order valence-electron chi connectivity index (χ0n) is 17.6. The summed E-state index contributed by atoms with van der Waals surface area (Å²) >= 11 is 2.27. The van der Waals surface area contributed by atoms with Gasteiger partial charge in [0.15, 0.2) is 40.6 Å². The van der Waals surface area contributed by atoms with Crippen LogP contribution >= 0.6 is 22.6 Å². The van der Waals surface area contributed by atoms with E-state index in [1.165, 1.54) is 0 Å². The number of aliphatic hydroxyl groups excluding tert-OH is 2. The zero-order valence-corrected chi connectivity index (χ0v) is 19.7. The maximum Gasteiger partial charge on any atom is 0.199 e. The molecule has 5 rings (SSSR count). The molecule has 0 saturated carbocycles. The van der Waals surface area contributed by atoms with Crippen LogP contribution in [0.4, 0.5) is 5.82 Å². The van der Waals surface area contributed by atoms with Gasteiger partial charge in [0.2, 0.25) is 0 Å². The number of halogens is 1. The van der Waals surface area contributed by atoms with E-state index < -0.39 is 18.4 Å². The Morgan fingerprint density at radius 1 is 1.21 bits per heavy atom. The summed E-state index contributed by atoms with van der Waals surface area (Å²) in [5.41, 5.74) is 1.97. The second-order valence-corrected chi connectivity index (χ2v) is 8.74. The van der Waals surface area contributed by atoms with E-state index in [0.717, 1.165) is 9.13 Å². The molecule has 33 heavy (non-hydrogen) atoms. The van der Waals surface area contributed by atoms with Gasteiger partial charge in [0.1, 0.15) is 12.2 Å². The number of aliphatic hydroxyl groups is 2. The first-order chi connectivity index (χ1) is 16.0. The molecule has 1 aliphatic rings. The summed E-state index contributed by atoms with van der Waals surface area (Å²) in [4.78, 5) is 14.0. The van der Waals surface area contributed by atoms with Crippen molar-refractivity contribution in [1.82, 2.24) is 19.5 Å². The third-order valence-electron chi connectivity index (χ3n) is 5.25. The molecule has 3 aromatic heterocycles. The Morgan fingerprint density at radius 3 is 2.79 bits per heavy atom. The number of ether oxygens (including phenoxy) is 1. The molecule has 3 N–H and O–H groups in total. The first-order valence-corrected chi connectivity index (χ1v) is 11.4. The van der Waals surface area contributed by atoms with E-state index in [2.05, 4.69) is 60.8 Å². The average Bonchev–Trinajstić information content (AvgIpc) is 3.53. The maximum atomic E-state index is 10.5. The van der Waals surface area contributed by atoms with Gasteiger partial charge in [-0.05, 0) is 65.3 Å². The third kappa shape index (κ3) is 4.20. The minimum absolute atomic E-state index is 0.00161. The fraction of sp³-hybridized carbons (Fsp3) is 0.261. The number of imidazole rings is 1. The Labute approximate surface area is 203 Å². The molecule has 4 heterocycles. The van der Waals surface area contributed by atoms with Crippen LogP contribution in [0.2, 0.25) is 0 Å². The molecule has 0 unspecified atom stereocenters. The van der Waals surface area contributed by atoms with E-state index in [0.29, 0.717) is 40.9 Å². The lowest BCUT2D eigenvalue weighted by Gasteiger charge is -2.18. The van der Waals surface area contributed by atoms with Crippen molar-refractivity contribution in [2.75, 3.05) is 11.9 Å². The number of hydrogen-bond acceptors (Lipinski definition) is 8. The second kappa shape index (κ2) is 9.11. The standard InChI is InChI=1S/C23H20IN5O4/c1-2-5-17-26-18-21(25-11-13-6-3-7-14(24)10-13)27-20(16-8-4-9-32-16)28-22(18)29(17)23-19(31)15(30)12-33-23/h3-4,6-10,15,19,23,30-31H,11-12H2,1H3,(H,25,27,28)/t15-,19-,23-/m1/s1. The van der Waals surface area contributed by atoms with Gasteiger partial charge in [-0.1, -0.05) is 18.1 Å². The second-order valence-electron chi connectivity index (χ2n) is 7.49. The van der Waals surface area contributed by atoms with Crippen molar-refractivity contribution in [3.8, 4) is 23.4 Å². The fourth-order valence-electron chi connectivity index (χ4n) is 3.70. The van der Waals surface area contributed by atoms with Gasteiger partial charge in [-0.25, -0.2) is 15.0 Å². The molecule has 3 atom stereocenters. The predicted octanol–water partition coefficient (Wildman–Crippen LogP) is 2.93. The number of rotatable bonds is 5. The monoisotopic (exact) mass is 557 g/mol. The molecular weight excluding hydrogens is 537 g/mol. The molecule has 0 bridgehead atoms. The van der Waals surface area contributed by atoms with Gasteiger partial charge in [-0.3, -0.25) is 4.57 Å². The molecule has 9 nitrogen and oxygen atoms in total. The van der Waals surface area contributed by atoms with Crippen molar-refractivity contribution in [2.24, 2.45) is 0 Å². The summed E-state index contributed by atoms with van der Waals surface area (Å²) in [6.45, 7) is 2.21. The van der Waals surface area contributed by atoms with Crippen LogP contribution in [-0.2, 0) is 11.3 Å². The Morgan fingerprint density at radius 2 is 2.09 bits per heavy atom. The third-order valence-corrected chi connectivity index (χ3v) is 5.92. The molecule has 10 heteroatoms. The number of benzene rings is 1. The number of furan rings is 1. The molecule has 0 amide bonds. The summed E-state index contributed by atoms with van der Waals surface area (Å²) in [6.07, 6.45) is -1.50. The minimum Gasteiger partial charge on any atom is -0.461 e. The van der Waals surface area contributed by atoms with E-state index in [1.807, 2.05) is 18.2 Å². The van der Waals surface area contributed by atoms with E-state index in [1.54, 1.807) is 29.9 Å². The molecule has 168 valence electrons. The molecule has 1 aromatic carbocycles. The molecule has 4 aromatic rings. The summed E-state index contributed by atoms with van der Waals surface area (Å²) in [7, 11) is 0. The zero-order chi connectivity index (χ0) is 22.9.